The summed E-state index contributed by atoms with van der Waals surface area (Å²) in [5.41, 5.74) is 9.31. The highest BCUT2D eigenvalue weighted by atomic mass is 15.2. The molecule has 0 atom stereocenters. The number of nitrogen functional groups attached to an aromatic ring is 1. The quantitative estimate of drug-likeness (QED) is 0.839. The van der Waals surface area contributed by atoms with Crippen LogP contribution in [0.25, 0.3) is 10.9 Å². The second-order valence-corrected chi connectivity index (χ2v) is 5.92. The Kier molecular flexibility index (Phi) is 3.26. The molecule has 0 saturated heterocycles. The summed E-state index contributed by atoms with van der Waals surface area (Å²) in [7, 11) is 4.32. The molecule has 0 radical (unpaired) electrons. The van der Waals surface area contributed by atoms with Crippen LogP contribution in [0.1, 0.15) is 19.3 Å². The Hall–Kier alpha value is -1.81. The first-order valence-electron chi connectivity index (χ1n) is 7.17. The number of pyridine rings is 1. The topological polar surface area (TPSA) is 54.2 Å². The minimum atomic E-state index is 0.288. The normalized spacial score (nSPS) is 17.1. The molecule has 20 heavy (non-hydrogen) atoms. The van der Waals surface area contributed by atoms with Crippen molar-refractivity contribution in [3.63, 3.8) is 0 Å². The second kappa shape index (κ2) is 4.94. The maximum absolute atomic E-state index is 6.27. The van der Waals surface area contributed by atoms with E-state index >= 15 is 0 Å². The molecule has 3 rings (SSSR count). The molecule has 0 unspecified atom stereocenters. The summed E-state index contributed by atoms with van der Waals surface area (Å²) in [5.74, 6) is 0. The van der Waals surface area contributed by atoms with Crippen molar-refractivity contribution in [1.29, 1.82) is 0 Å². The summed E-state index contributed by atoms with van der Waals surface area (Å²) >= 11 is 0. The Bertz CT molecular complexity index is 617. The van der Waals surface area contributed by atoms with E-state index in [1.165, 1.54) is 19.3 Å². The molecule has 1 heterocycles. The number of likely N-dealkylation sites (N-methyl/N-ethyl adjacent to an activating group) is 1. The summed E-state index contributed by atoms with van der Waals surface area (Å²) in [5, 5.41) is 4.55. The van der Waals surface area contributed by atoms with Crippen molar-refractivity contribution in [3.05, 3.63) is 30.5 Å². The first kappa shape index (κ1) is 13.2. The van der Waals surface area contributed by atoms with Crippen LogP contribution in [0.15, 0.2) is 30.5 Å². The molecule has 1 aromatic carbocycles. The Balaban J connectivity index is 1.83. The van der Waals surface area contributed by atoms with E-state index < -0.39 is 0 Å². The molecular formula is C16H22N4. The Morgan fingerprint density at radius 2 is 2.10 bits per heavy atom. The molecule has 1 aliphatic rings. The summed E-state index contributed by atoms with van der Waals surface area (Å²) < 4.78 is 0. The Morgan fingerprint density at radius 3 is 2.75 bits per heavy atom. The van der Waals surface area contributed by atoms with E-state index in [1.54, 1.807) is 6.20 Å². The Morgan fingerprint density at radius 1 is 1.30 bits per heavy atom. The average Bonchev–Trinajstić information content (AvgIpc) is 2.40. The van der Waals surface area contributed by atoms with Gasteiger partial charge in [0.2, 0.25) is 0 Å². The largest absolute Gasteiger partial charge is 0.397 e. The third kappa shape index (κ3) is 2.10. The van der Waals surface area contributed by atoms with Crippen LogP contribution in [0.4, 0.5) is 11.4 Å². The fourth-order valence-electron chi connectivity index (χ4n) is 2.96. The number of hydrogen-bond donors (Lipinski definition) is 2. The van der Waals surface area contributed by atoms with Crippen molar-refractivity contribution in [3.8, 4) is 0 Å². The van der Waals surface area contributed by atoms with Gasteiger partial charge in [0.15, 0.2) is 0 Å². The highest BCUT2D eigenvalue weighted by molar-refractivity contribution is 5.96. The molecular weight excluding hydrogens is 248 g/mol. The zero-order valence-corrected chi connectivity index (χ0v) is 12.2. The first-order chi connectivity index (χ1) is 9.62. The molecule has 0 aliphatic heterocycles. The van der Waals surface area contributed by atoms with E-state index in [0.717, 1.165) is 28.8 Å². The maximum atomic E-state index is 6.27. The molecule has 1 fully saturated rings. The van der Waals surface area contributed by atoms with Gasteiger partial charge in [0, 0.05) is 23.7 Å². The number of nitrogens with one attached hydrogen (secondary N) is 1. The van der Waals surface area contributed by atoms with Crippen molar-refractivity contribution >= 4 is 22.3 Å². The highest BCUT2D eigenvalue weighted by Crippen LogP contribution is 2.37. The number of nitrogens with two attached hydrogens (primary N) is 1. The molecule has 1 aliphatic carbocycles. The fraction of sp³-hybridized carbons (Fsp3) is 0.438. The molecule has 0 amide bonds. The van der Waals surface area contributed by atoms with Crippen molar-refractivity contribution in [2.75, 3.05) is 31.7 Å². The fourth-order valence-corrected chi connectivity index (χ4v) is 2.96. The van der Waals surface area contributed by atoms with Crippen LogP contribution in [-0.4, -0.2) is 36.1 Å². The monoisotopic (exact) mass is 270 g/mol. The standard InChI is InChI=1S/C16H22N4/c1-20(2)16(8-4-9-16)11-19-14-7-6-13-12(15(14)17)5-3-10-18-13/h3,5-7,10,19H,4,8-9,11,17H2,1-2H3. The molecule has 4 heteroatoms. The van der Waals surface area contributed by atoms with Crippen LogP contribution in [-0.2, 0) is 0 Å². The van der Waals surface area contributed by atoms with E-state index in [1.807, 2.05) is 24.3 Å². The van der Waals surface area contributed by atoms with E-state index in [2.05, 4.69) is 29.3 Å². The number of hydrogen-bond acceptors (Lipinski definition) is 4. The van der Waals surface area contributed by atoms with Gasteiger partial charge in [-0.3, -0.25) is 4.98 Å². The van der Waals surface area contributed by atoms with E-state index in [9.17, 15) is 0 Å². The van der Waals surface area contributed by atoms with Crippen LogP contribution in [0.2, 0.25) is 0 Å². The minimum Gasteiger partial charge on any atom is -0.397 e. The molecule has 4 nitrogen and oxygen atoms in total. The van der Waals surface area contributed by atoms with E-state index in [-0.39, 0.29) is 5.54 Å². The van der Waals surface area contributed by atoms with Crippen LogP contribution in [0.3, 0.4) is 0 Å². The summed E-state index contributed by atoms with van der Waals surface area (Å²) in [6, 6.07) is 8.01. The smallest absolute Gasteiger partial charge is 0.0724 e. The maximum Gasteiger partial charge on any atom is 0.0724 e. The van der Waals surface area contributed by atoms with Crippen molar-refractivity contribution in [1.82, 2.24) is 9.88 Å². The third-order valence-electron chi connectivity index (χ3n) is 4.67. The predicted molar refractivity (Wildman–Crippen MR) is 84.9 cm³/mol. The number of aromatic nitrogens is 1. The molecule has 2 aromatic rings. The van der Waals surface area contributed by atoms with Gasteiger partial charge in [-0.1, -0.05) is 0 Å². The van der Waals surface area contributed by atoms with Crippen molar-refractivity contribution in [2.45, 2.75) is 24.8 Å². The van der Waals surface area contributed by atoms with Crippen LogP contribution in [0.5, 0.6) is 0 Å². The number of nitrogens with zero attached hydrogens (tertiary/aromatic N) is 2. The van der Waals surface area contributed by atoms with Crippen molar-refractivity contribution < 1.29 is 0 Å². The van der Waals surface area contributed by atoms with Gasteiger partial charge in [-0.15, -0.1) is 0 Å². The van der Waals surface area contributed by atoms with Gasteiger partial charge in [-0.25, -0.2) is 0 Å². The molecule has 1 aromatic heterocycles. The van der Waals surface area contributed by atoms with Gasteiger partial charge in [-0.05, 0) is 57.6 Å². The SMILES string of the molecule is CN(C)C1(CNc2ccc3ncccc3c2N)CCC1. The van der Waals surface area contributed by atoms with Crippen LogP contribution < -0.4 is 11.1 Å². The van der Waals surface area contributed by atoms with Gasteiger partial charge in [0.25, 0.3) is 0 Å². The lowest BCUT2D eigenvalue weighted by atomic mass is 9.75. The summed E-state index contributed by atoms with van der Waals surface area (Å²) in [6.45, 7) is 0.940. The number of fused-ring (bicyclic) bond motifs is 1. The molecule has 106 valence electrons. The predicted octanol–water partition coefficient (Wildman–Crippen LogP) is 2.71. The molecule has 1 saturated carbocycles. The van der Waals surface area contributed by atoms with Crippen molar-refractivity contribution in [2.24, 2.45) is 0 Å². The van der Waals surface area contributed by atoms with Gasteiger partial charge < -0.3 is 16.0 Å². The van der Waals surface area contributed by atoms with Crippen LogP contribution >= 0.6 is 0 Å². The summed E-state index contributed by atoms with van der Waals surface area (Å²) in [4.78, 5) is 6.67. The number of rotatable bonds is 4. The minimum absolute atomic E-state index is 0.288. The zero-order chi connectivity index (χ0) is 14.2. The van der Waals surface area contributed by atoms with Crippen LogP contribution in [0, 0.1) is 0 Å². The highest BCUT2D eigenvalue weighted by Gasteiger charge is 2.38. The lowest BCUT2D eigenvalue weighted by Gasteiger charge is -2.47. The third-order valence-corrected chi connectivity index (χ3v) is 4.67. The molecule has 3 N–H and O–H groups in total. The summed E-state index contributed by atoms with van der Waals surface area (Å²) in [6.07, 6.45) is 5.62. The zero-order valence-electron chi connectivity index (χ0n) is 12.2. The van der Waals surface area contributed by atoms with E-state index in [4.69, 9.17) is 5.73 Å². The van der Waals surface area contributed by atoms with Gasteiger partial charge in [-0.2, -0.15) is 0 Å². The average molecular weight is 270 g/mol. The second-order valence-electron chi connectivity index (χ2n) is 5.92. The first-order valence-corrected chi connectivity index (χ1v) is 7.17. The van der Waals surface area contributed by atoms with Gasteiger partial charge >= 0.3 is 0 Å². The number of anilines is 2. The van der Waals surface area contributed by atoms with E-state index in [0.29, 0.717) is 0 Å². The lowest BCUT2D eigenvalue weighted by Crippen LogP contribution is -2.54. The molecule has 0 bridgehead atoms. The number of benzene rings is 1. The van der Waals surface area contributed by atoms with Gasteiger partial charge in [0.05, 0.1) is 16.9 Å². The Labute approximate surface area is 120 Å². The molecule has 0 spiro atoms. The van der Waals surface area contributed by atoms with Gasteiger partial charge in [0.1, 0.15) is 0 Å². The lowest BCUT2D eigenvalue weighted by molar-refractivity contribution is 0.0739.